The highest BCUT2D eigenvalue weighted by Gasteiger charge is 2.41. The minimum absolute atomic E-state index is 0.0705. The summed E-state index contributed by atoms with van der Waals surface area (Å²) >= 11 is 0. The van der Waals surface area contributed by atoms with Gasteiger partial charge in [-0.2, -0.15) is 0 Å². The number of rotatable bonds is 11. The summed E-state index contributed by atoms with van der Waals surface area (Å²) in [5, 5.41) is 6.54. The topological polar surface area (TPSA) is 79.8 Å². The van der Waals surface area contributed by atoms with Crippen LogP contribution in [-0.4, -0.2) is 58.7 Å². The Morgan fingerprint density at radius 1 is 1.35 bits per heavy atom. The van der Waals surface area contributed by atoms with Crippen LogP contribution in [-0.2, 0) is 14.6 Å². The number of nitrogens with zero attached hydrogens (tertiary/aromatic N) is 1. The highest BCUT2D eigenvalue weighted by Crippen LogP contribution is 2.48. The van der Waals surface area contributed by atoms with Gasteiger partial charge in [-0.3, -0.25) is 4.99 Å². The summed E-state index contributed by atoms with van der Waals surface area (Å²) in [4.78, 5) is 4.70. The molecule has 6 nitrogen and oxygen atoms in total. The second-order valence-corrected chi connectivity index (χ2v) is 8.87. The van der Waals surface area contributed by atoms with Crippen LogP contribution in [0.4, 0.5) is 0 Å². The van der Waals surface area contributed by atoms with E-state index in [0.29, 0.717) is 11.8 Å². The van der Waals surface area contributed by atoms with E-state index in [9.17, 15) is 8.42 Å². The maximum Gasteiger partial charge on any atom is 0.191 e. The maximum atomic E-state index is 11.3. The molecule has 1 fully saturated rings. The molecule has 0 aromatic rings. The quantitative estimate of drug-likeness (QED) is 0.337. The molecule has 1 rings (SSSR count). The van der Waals surface area contributed by atoms with Crippen molar-refractivity contribution >= 4 is 15.8 Å². The minimum atomic E-state index is -2.92. The molecule has 0 bridgehead atoms. The Bertz CT molecular complexity index is 473. The van der Waals surface area contributed by atoms with E-state index in [4.69, 9.17) is 9.73 Å². The van der Waals surface area contributed by atoms with Crippen LogP contribution in [0.1, 0.15) is 46.5 Å². The highest BCUT2D eigenvalue weighted by molar-refractivity contribution is 7.90. The van der Waals surface area contributed by atoms with Crippen LogP contribution >= 0.6 is 0 Å². The first-order valence-electron chi connectivity index (χ1n) is 8.60. The normalized spacial score (nSPS) is 18.5. The highest BCUT2D eigenvalue weighted by atomic mass is 32.2. The second kappa shape index (κ2) is 9.47. The van der Waals surface area contributed by atoms with Gasteiger partial charge in [0.1, 0.15) is 9.84 Å². The van der Waals surface area contributed by atoms with Crippen molar-refractivity contribution in [1.82, 2.24) is 10.6 Å². The molecule has 0 aromatic carbocycles. The van der Waals surface area contributed by atoms with Crippen molar-refractivity contribution in [3.8, 4) is 0 Å². The molecule has 2 N–H and O–H groups in total. The standard InChI is InChI=1S/C16H33N3O3S/c1-5-17-15(19-14(3)7-12-23(4,20)21)18-13-16(8-9-16)10-11-22-6-2/h14H,5-13H2,1-4H3,(H2,17,18,19). The molecule has 0 saturated heterocycles. The van der Waals surface area contributed by atoms with Gasteiger partial charge in [0.05, 0.1) is 5.75 Å². The van der Waals surface area contributed by atoms with Gasteiger partial charge < -0.3 is 15.4 Å². The van der Waals surface area contributed by atoms with E-state index in [1.807, 2.05) is 20.8 Å². The Morgan fingerprint density at radius 3 is 2.57 bits per heavy atom. The molecular weight excluding hydrogens is 314 g/mol. The van der Waals surface area contributed by atoms with Crippen molar-refractivity contribution in [1.29, 1.82) is 0 Å². The first-order chi connectivity index (χ1) is 10.8. The van der Waals surface area contributed by atoms with Gasteiger partial charge in [-0.25, -0.2) is 8.42 Å². The fourth-order valence-corrected chi connectivity index (χ4v) is 3.14. The van der Waals surface area contributed by atoms with E-state index in [1.165, 1.54) is 19.1 Å². The third-order valence-electron chi connectivity index (χ3n) is 4.16. The van der Waals surface area contributed by atoms with E-state index in [2.05, 4.69) is 10.6 Å². The lowest BCUT2D eigenvalue weighted by Gasteiger charge is -2.19. The Hall–Kier alpha value is -0.820. The molecule has 0 aromatic heterocycles. The van der Waals surface area contributed by atoms with Crippen molar-refractivity contribution in [2.45, 2.75) is 52.5 Å². The molecule has 7 heteroatoms. The molecule has 136 valence electrons. The van der Waals surface area contributed by atoms with Gasteiger partial charge >= 0.3 is 0 Å². The number of sulfone groups is 1. The summed E-state index contributed by atoms with van der Waals surface area (Å²) < 4.78 is 28.0. The number of nitrogens with one attached hydrogen (secondary N) is 2. The fraction of sp³-hybridized carbons (Fsp3) is 0.938. The van der Waals surface area contributed by atoms with Crippen molar-refractivity contribution in [2.24, 2.45) is 10.4 Å². The summed E-state index contributed by atoms with van der Waals surface area (Å²) in [5.41, 5.74) is 0.313. The molecule has 1 unspecified atom stereocenters. The van der Waals surface area contributed by atoms with Gasteiger partial charge in [0, 0.05) is 38.6 Å². The van der Waals surface area contributed by atoms with Crippen molar-refractivity contribution in [2.75, 3.05) is 38.3 Å². The Balaban J connectivity index is 2.46. The number of hydrogen-bond donors (Lipinski definition) is 2. The number of guanidine groups is 1. The Kier molecular flexibility index (Phi) is 8.33. The summed E-state index contributed by atoms with van der Waals surface area (Å²) in [5.74, 6) is 0.968. The predicted molar refractivity (Wildman–Crippen MR) is 95.7 cm³/mol. The van der Waals surface area contributed by atoms with Crippen LogP contribution in [0.15, 0.2) is 4.99 Å². The average Bonchev–Trinajstić information content (AvgIpc) is 3.23. The molecule has 1 atom stereocenters. The van der Waals surface area contributed by atoms with E-state index in [0.717, 1.165) is 38.7 Å². The summed E-state index contributed by atoms with van der Waals surface area (Å²) in [6.45, 7) is 9.19. The Labute approximate surface area is 141 Å². The van der Waals surface area contributed by atoms with Gasteiger partial charge in [-0.05, 0) is 51.9 Å². The molecule has 1 saturated carbocycles. The third kappa shape index (κ3) is 9.15. The molecule has 0 amide bonds. The van der Waals surface area contributed by atoms with Gasteiger partial charge in [-0.1, -0.05) is 0 Å². The second-order valence-electron chi connectivity index (χ2n) is 6.61. The SMILES string of the molecule is CCNC(=NCC1(CCOCC)CC1)NC(C)CCS(C)(=O)=O. The van der Waals surface area contributed by atoms with Gasteiger partial charge in [0.25, 0.3) is 0 Å². The van der Waals surface area contributed by atoms with Gasteiger partial charge in [0.15, 0.2) is 5.96 Å². The van der Waals surface area contributed by atoms with E-state index in [-0.39, 0.29) is 11.8 Å². The molecular formula is C16H33N3O3S. The first kappa shape index (κ1) is 20.2. The van der Waals surface area contributed by atoms with Crippen molar-refractivity contribution in [3.63, 3.8) is 0 Å². The molecule has 1 aliphatic carbocycles. The summed E-state index contributed by atoms with van der Waals surface area (Å²) in [6.07, 6.45) is 5.35. The monoisotopic (exact) mass is 347 g/mol. The zero-order chi connectivity index (χ0) is 17.3. The number of ether oxygens (including phenoxy) is 1. The summed E-state index contributed by atoms with van der Waals surface area (Å²) in [6, 6.07) is 0.0705. The lowest BCUT2D eigenvalue weighted by atomic mass is 10.0. The van der Waals surface area contributed by atoms with Gasteiger partial charge in [0.2, 0.25) is 0 Å². The van der Waals surface area contributed by atoms with Crippen LogP contribution in [0, 0.1) is 5.41 Å². The zero-order valence-electron chi connectivity index (χ0n) is 15.0. The Morgan fingerprint density at radius 2 is 2.04 bits per heavy atom. The molecule has 0 radical (unpaired) electrons. The van der Waals surface area contributed by atoms with Crippen molar-refractivity contribution < 1.29 is 13.2 Å². The number of aliphatic imine (C=N–C) groups is 1. The van der Waals surface area contributed by atoms with E-state index in [1.54, 1.807) is 0 Å². The first-order valence-corrected chi connectivity index (χ1v) is 10.7. The zero-order valence-corrected chi connectivity index (χ0v) is 15.8. The average molecular weight is 348 g/mol. The van der Waals surface area contributed by atoms with Crippen LogP contribution in [0.3, 0.4) is 0 Å². The minimum Gasteiger partial charge on any atom is -0.382 e. The smallest absolute Gasteiger partial charge is 0.191 e. The molecule has 0 heterocycles. The van der Waals surface area contributed by atoms with Crippen LogP contribution in [0.5, 0.6) is 0 Å². The maximum absolute atomic E-state index is 11.3. The molecule has 1 aliphatic rings. The van der Waals surface area contributed by atoms with Crippen molar-refractivity contribution in [3.05, 3.63) is 0 Å². The molecule has 0 aliphatic heterocycles. The largest absolute Gasteiger partial charge is 0.382 e. The van der Waals surface area contributed by atoms with Gasteiger partial charge in [-0.15, -0.1) is 0 Å². The molecule has 23 heavy (non-hydrogen) atoms. The van der Waals surface area contributed by atoms with E-state index >= 15 is 0 Å². The lowest BCUT2D eigenvalue weighted by molar-refractivity contribution is 0.129. The fourth-order valence-electron chi connectivity index (χ4n) is 2.36. The van der Waals surface area contributed by atoms with Crippen LogP contribution in [0.25, 0.3) is 0 Å². The van der Waals surface area contributed by atoms with E-state index < -0.39 is 9.84 Å². The summed E-state index contributed by atoms with van der Waals surface area (Å²) in [7, 11) is -2.92. The lowest BCUT2D eigenvalue weighted by Crippen LogP contribution is -2.43. The van der Waals surface area contributed by atoms with Crippen LogP contribution in [0.2, 0.25) is 0 Å². The number of hydrogen-bond acceptors (Lipinski definition) is 4. The molecule has 0 spiro atoms. The third-order valence-corrected chi connectivity index (χ3v) is 5.14. The van der Waals surface area contributed by atoms with Crippen LogP contribution < -0.4 is 10.6 Å². The predicted octanol–water partition coefficient (Wildman–Crippen LogP) is 1.57.